The van der Waals surface area contributed by atoms with Crippen molar-refractivity contribution in [1.82, 2.24) is 10.2 Å². The predicted molar refractivity (Wildman–Crippen MR) is 107 cm³/mol. The van der Waals surface area contributed by atoms with Gasteiger partial charge in [0.1, 0.15) is 6.26 Å². The number of β-amino-alcohol motifs (C(OH)–C–C–N with tert-alkyl or cyclic N) is 1. The zero-order valence-corrected chi connectivity index (χ0v) is 16.4. The molecule has 2 unspecified atom stereocenters. The molecule has 0 saturated heterocycles. The van der Waals surface area contributed by atoms with Gasteiger partial charge in [0.05, 0.1) is 6.10 Å². The molecule has 6 heteroatoms. The summed E-state index contributed by atoms with van der Waals surface area (Å²) in [5.74, 6) is -0.178. The van der Waals surface area contributed by atoms with E-state index in [9.17, 15) is 14.5 Å². The number of carbonyl (C=O) groups excluding carboxylic acids is 1. The van der Waals surface area contributed by atoms with E-state index >= 15 is 0 Å². The molecule has 27 heavy (non-hydrogen) atoms. The number of rotatable bonds is 7. The highest BCUT2D eigenvalue weighted by molar-refractivity contribution is 7.90. The van der Waals surface area contributed by atoms with E-state index in [0.717, 1.165) is 19.5 Å². The van der Waals surface area contributed by atoms with Gasteiger partial charge in [-0.2, -0.15) is 0 Å². The summed E-state index contributed by atoms with van der Waals surface area (Å²) in [6.07, 6.45) is 2.66. The largest absolute Gasteiger partial charge is 0.612 e. The Morgan fingerprint density at radius 1 is 1.22 bits per heavy atom. The lowest BCUT2D eigenvalue weighted by atomic mass is 9.99. The van der Waals surface area contributed by atoms with Crippen LogP contribution in [0.15, 0.2) is 53.4 Å². The third-order valence-electron chi connectivity index (χ3n) is 4.89. The summed E-state index contributed by atoms with van der Waals surface area (Å²) < 4.78 is 11.4. The number of fused-ring (bicyclic) bond motifs is 1. The summed E-state index contributed by atoms with van der Waals surface area (Å²) in [5, 5.41) is 13.1. The molecular formula is C21H26N2O3S. The first-order valence-electron chi connectivity index (χ1n) is 9.22. The molecule has 1 aliphatic heterocycles. The van der Waals surface area contributed by atoms with Crippen molar-refractivity contribution in [2.45, 2.75) is 30.4 Å². The summed E-state index contributed by atoms with van der Waals surface area (Å²) in [6, 6.07) is 15.2. The third-order valence-corrected chi connectivity index (χ3v) is 5.83. The molecule has 0 fully saturated rings. The number of hydrogen-bond acceptors (Lipinski definition) is 4. The first-order chi connectivity index (χ1) is 13.0. The van der Waals surface area contributed by atoms with Crippen LogP contribution < -0.4 is 5.32 Å². The van der Waals surface area contributed by atoms with Crippen molar-refractivity contribution < 1.29 is 14.5 Å². The average Bonchev–Trinajstić information content (AvgIpc) is 2.68. The van der Waals surface area contributed by atoms with Crippen LogP contribution in [-0.4, -0.2) is 52.5 Å². The van der Waals surface area contributed by atoms with Crippen LogP contribution >= 0.6 is 0 Å². The van der Waals surface area contributed by atoms with Crippen LogP contribution in [-0.2, 0) is 24.1 Å². The molecule has 1 heterocycles. The van der Waals surface area contributed by atoms with Crippen molar-refractivity contribution in [2.24, 2.45) is 0 Å². The van der Waals surface area contributed by atoms with E-state index < -0.39 is 17.3 Å². The maximum absolute atomic E-state index is 12.2. The Morgan fingerprint density at radius 2 is 1.93 bits per heavy atom. The van der Waals surface area contributed by atoms with Gasteiger partial charge in [0.2, 0.25) is 0 Å². The van der Waals surface area contributed by atoms with Gasteiger partial charge >= 0.3 is 0 Å². The Labute approximate surface area is 163 Å². The van der Waals surface area contributed by atoms with Crippen molar-refractivity contribution >= 4 is 17.1 Å². The minimum Gasteiger partial charge on any atom is -0.612 e. The minimum absolute atomic E-state index is 0.178. The fourth-order valence-electron chi connectivity index (χ4n) is 3.35. The summed E-state index contributed by atoms with van der Waals surface area (Å²) in [6.45, 7) is 2.85. The molecule has 0 aromatic heterocycles. The normalized spacial score (nSPS) is 16.4. The fraction of sp³-hybridized carbons (Fsp3) is 0.381. The monoisotopic (exact) mass is 386 g/mol. The molecular weight excluding hydrogens is 360 g/mol. The van der Waals surface area contributed by atoms with E-state index in [4.69, 9.17) is 0 Å². The van der Waals surface area contributed by atoms with Gasteiger partial charge in [0.25, 0.3) is 5.91 Å². The number of benzene rings is 2. The highest BCUT2D eigenvalue weighted by Crippen LogP contribution is 2.18. The van der Waals surface area contributed by atoms with Gasteiger partial charge in [-0.3, -0.25) is 9.69 Å². The quantitative estimate of drug-likeness (QED) is 0.714. The Bertz CT molecular complexity index is 764. The van der Waals surface area contributed by atoms with Crippen molar-refractivity contribution in [3.05, 3.63) is 65.2 Å². The zero-order chi connectivity index (χ0) is 19.2. The first kappa shape index (κ1) is 19.9. The third kappa shape index (κ3) is 5.56. The number of carbonyl (C=O) groups is 1. The lowest BCUT2D eigenvalue weighted by molar-refractivity contribution is 0.0892. The summed E-state index contributed by atoms with van der Waals surface area (Å²) in [5.41, 5.74) is 3.26. The topological polar surface area (TPSA) is 75.6 Å². The Balaban J connectivity index is 1.40. The van der Waals surface area contributed by atoms with Crippen LogP contribution in [0.5, 0.6) is 0 Å². The number of aliphatic hydroxyl groups is 1. The molecule has 0 saturated carbocycles. The molecule has 2 aromatic rings. The van der Waals surface area contributed by atoms with Gasteiger partial charge < -0.3 is 15.0 Å². The maximum atomic E-state index is 12.2. The number of aliphatic hydroxyl groups excluding tert-OH is 1. The second-order valence-corrected chi connectivity index (χ2v) is 8.31. The average molecular weight is 387 g/mol. The van der Waals surface area contributed by atoms with Gasteiger partial charge in [-0.1, -0.05) is 24.3 Å². The van der Waals surface area contributed by atoms with Crippen molar-refractivity contribution in [1.29, 1.82) is 0 Å². The Hall–Kier alpha value is -1.86. The van der Waals surface area contributed by atoms with Crippen LogP contribution in [0.4, 0.5) is 0 Å². The number of amides is 1. The van der Waals surface area contributed by atoms with Crippen LogP contribution in [0.1, 0.15) is 27.9 Å². The molecule has 0 radical (unpaired) electrons. The van der Waals surface area contributed by atoms with E-state index in [1.807, 2.05) is 0 Å². The summed E-state index contributed by atoms with van der Waals surface area (Å²) in [4.78, 5) is 15.1. The standard InChI is InChI=1S/C21H26N2O3S/c1-27(26)20-8-6-17(7-9-20)21(25)22-12-10-19(24)15-23-13-11-16-4-2-3-5-18(16)14-23/h2-9,19,24H,10-15H2,1H3,(H,22,25). The lowest BCUT2D eigenvalue weighted by Gasteiger charge is -2.30. The van der Waals surface area contributed by atoms with Crippen LogP contribution in [0.3, 0.4) is 0 Å². The van der Waals surface area contributed by atoms with E-state index in [2.05, 4.69) is 34.5 Å². The van der Waals surface area contributed by atoms with Gasteiger partial charge in [-0.15, -0.1) is 0 Å². The minimum atomic E-state index is -1.05. The smallest absolute Gasteiger partial charge is 0.251 e. The van der Waals surface area contributed by atoms with Crippen molar-refractivity contribution in [3.8, 4) is 0 Å². The molecule has 3 rings (SSSR count). The molecule has 2 aromatic carbocycles. The molecule has 0 bridgehead atoms. The van der Waals surface area contributed by atoms with Gasteiger partial charge in [0, 0.05) is 31.7 Å². The second kappa shape index (κ2) is 9.37. The van der Waals surface area contributed by atoms with Crippen LogP contribution in [0, 0.1) is 0 Å². The molecule has 5 nitrogen and oxygen atoms in total. The predicted octanol–water partition coefficient (Wildman–Crippen LogP) is 1.96. The number of nitrogens with zero attached hydrogens (tertiary/aromatic N) is 1. The van der Waals surface area contributed by atoms with Crippen LogP contribution in [0.25, 0.3) is 0 Å². The van der Waals surface area contributed by atoms with Gasteiger partial charge in [-0.05, 0) is 59.4 Å². The number of nitrogens with one attached hydrogen (secondary N) is 1. The van der Waals surface area contributed by atoms with Crippen LogP contribution in [0.2, 0.25) is 0 Å². The summed E-state index contributed by atoms with van der Waals surface area (Å²) in [7, 11) is 0. The van der Waals surface area contributed by atoms with E-state index in [1.54, 1.807) is 30.5 Å². The Kier molecular flexibility index (Phi) is 6.90. The fourth-order valence-corrected chi connectivity index (χ4v) is 3.87. The molecule has 1 amide bonds. The maximum Gasteiger partial charge on any atom is 0.251 e. The first-order valence-corrected chi connectivity index (χ1v) is 10.8. The number of hydrogen-bond donors (Lipinski definition) is 2. The second-order valence-electron chi connectivity index (χ2n) is 6.93. The molecule has 2 atom stereocenters. The van der Waals surface area contributed by atoms with E-state index in [0.29, 0.717) is 30.0 Å². The zero-order valence-electron chi connectivity index (χ0n) is 15.6. The molecule has 0 aliphatic carbocycles. The summed E-state index contributed by atoms with van der Waals surface area (Å²) >= 11 is -1.05. The van der Waals surface area contributed by atoms with Crippen molar-refractivity contribution in [3.63, 3.8) is 0 Å². The molecule has 1 aliphatic rings. The molecule has 144 valence electrons. The van der Waals surface area contributed by atoms with Gasteiger partial charge in [0.15, 0.2) is 4.90 Å². The van der Waals surface area contributed by atoms with Gasteiger partial charge in [-0.25, -0.2) is 0 Å². The molecule has 2 N–H and O–H groups in total. The van der Waals surface area contributed by atoms with E-state index in [1.165, 1.54) is 11.1 Å². The highest BCUT2D eigenvalue weighted by Gasteiger charge is 2.18. The van der Waals surface area contributed by atoms with E-state index in [-0.39, 0.29) is 5.91 Å². The SMILES string of the molecule is C[S+]([O-])c1ccc(C(=O)NCCC(O)CN2CCc3ccccc3C2)cc1. The molecule has 0 spiro atoms. The Morgan fingerprint density at radius 3 is 2.63 bits per heavy atom. The highest BCUT2D eigenvalue weighted by atomic mass is 32.2. The lowest BCUT2D eigenvalue weighted by Crippen LogP contribution is -2.38. The van der Waals surface area contributed by atoms with Crippen molar-refractivity contribution in [2.75, 3.05) is 25.9 Å².